The Balaban J connectivity index is 2.16. The summed E-state index contributed by atoms with van der Waals surface area (Å²) in [5.41, 5.74) is 2.74. The summed E-state index contributed by atoms with van der Waals surface area (Å²) in [5, 5.41) is 4.63. The van der Waals surface area contributed by atoms with Crippen LogP contribution < -0.4 is 10.4 Å². The van der Waals surface area contributed by atoms with Gasteiger partial charge >= 0.3 is 0 Å². The highest BCUT2D eigenvalue weighted by Crippen LogP contribution is 2.26. The molecule has 0 bridgehead atoms. The maximum Gasteiger partial charge on any atom is 0.141 e. The van der Waals surface area contributed by atoms with Gasteiger partial charge in [-0.2, -0.15) is 0 Å². The number of hydrogen-bond donors (Lipinski definition) is 0. The van der Waals surface area contributed by atoms with Gasteiger partial charge in [0.25, 0.3) is 0 Å². The van der Waals surface area contributed by atoms with Gasteiger partial charge in [-0.1, -0.05) is 89.6 Å². The topological polar surface area (TPSA) is 0 Å². The average Bonchev–Trinajstić information content (AvgIpc) is 2.95. The molecule has 1 unspecified atom stereocenters. The lowest BCUT2D eigenvalue weighted by molar-refractivity contribution is 1.36. The Bertz CT molecular complexity index is 692. The lowest BCUT2D eigenvalue weighted by Crippen LogP contribution is -2.57. The summed E-state index contributed by atoms with van der Waals surface area (Å²) < 4.78 is 0. The first-order valence-electron chi connectivity index (χ1n) is 7.61. The van der Waals surface area contributed by atoms with E-state index in [1.54, 1.807) is 5.20 Å². The smallest absolute Gasteiger partial charge is 0.0779 e. The lowest BCUT2D eigenvalue weighted by atomic mass is 10.2. The molecule has 3 rings (SSSR count). The Morgan fingerprint density at radius 2 is 1.43 bits per heavy atom. The van der Waals surface area contributed by atoms with Crippen LogP contribution in [-0.4, -0.2) is 8.07 Å². The van der Waals surface area contributed by atoms with Gasteiger partial charge in [-0.25, -0.2) is 0 Å². The molecule has 0 saturated heterocycles. The van der Waals surface area contributed by atoms with Crippen LogP contribution in [0.15, 0.2) is 77.5 Å². The Kier molecular flexibility index (Phi) is 3.69. The number of benzene rings is 2. The second kappa shape index (κ2) is 5.49. The molecule has 1 aliphatic rings. The molecule has 0 nitrogen and oxygen atoms in total. The van der Waals surface area contributed by atoms with Crippen molar-refractivity contribution < 1.29 is 0 Å². The van der Waals surface area contributed by atoms with E-state index in [2.05, 4.69) is 87.1 Å². The van der Waals surface area contributed by atoms with E-state index in [4.69, 9.17) is 0 Å². The molecule has 0 aliphatic heterocycles. The molecule has 106 valence electrons. The molecule has 1 heteroatoms. The lowest BCUT2D eigenvalue weighted by Gasteiger charge is -2.30. The van der Waals surface area contributed by atoms with Crippen LogP contribution in [-0.2, 0) is 0 Å². The molecular formula is C20H22Si. The second-order valence-corrected chi connectivity index (χ2v) is 10.2. The average molecular weight is 290 g/mol. The molecule has 2 aromatic rings. The van der Waals surface area contributed by atoms with Gasteiger partial charge in [0, 0.05) is 0 Å². The van der Waals surface area contributed by atoms with E-state index >= 15 is 0 Å². The fraction of sp³-hybridized carbons (Fsp3) is 0.200. The van der Waals surface area contributed by atoms with Crippen molar-refractivity contribution in [2.75, 3.05) is 0 Å². The molecule has 1 aliphatic carbocycles. The van der Waals surface area contributed by atoms with Crippen LogP contribution in [0.2, 0.25) is 6.55 Å². The summed E-state index contributed by atoms with van der Waals surface area (Å²) in [6.07, 6.45) is 5.88. The van der Waals surface area contributed by atoms with Crippen molar-refractivity contribution >= 4 is 18.4 Å². The van der Waals surface area contributed by atoms with Crippen molar-refractivity contribution in [3.8, 4) is 0 Å². The second-order valence-electron chi connectivity index (χ2n) is 6.18. The molecule has 0 saturated carbocycles. The molecule has 1 atom stereocenters. The van der Waals surface area contributed by atoms with Crippen LogP contribution in [0.4, 0.5) is 0 Å². The van der Waals surface area contributed by atoms with E-state index in [0.29, 0.717) is 0 Å². The summed E-state index contributed by atoms with van der Waals surface area (Å²) in [7, 11) is -1.82. The molecular weight excluding hydrogens is 268 g/mol. The summed E-state index contributed by atoms with van der Waals surface area (Å²) in [6.45, 7) is 6.86. The van der Waals surface area contributed by atoms with Gasteiger partial charge in [0.15, 0.2) is 0 Å². The summed E-state index contributed by atoms with van der Waals surface area (Å²) in [4.78, 5) is 0. The van der Waals surface area contributed by atoms with Gasteiger partial charge in [0.2, 0.25) is 0 Å². The van der Waals surface area contributed by atoms with Crippen LogP contribution in [0, 0.1) is 6.92 Å². The third kappa shape index (κ3) is 2.54. The van der Waals surface area contributed by atoms with Gasteiger partial charge in [-0.15, -0.1) is 0 Å². The Labute approximate surface area is 128 Å². The standard InChI is InChI=1S/C20H22Si/c1-16-9-12-19(13-10-16)21(3,18-7-5-4-6-8-18)20-14-11-17(2)15-20/h4-13,15H,14H2,1-3H3. The fourth-order valence-electron chi connectivity index (χ4n) is 3.21. The zero-order chi connectivity index (χ0) is 14.9. The Hall–Kier alpha value is -1.86. The molecule has 0 spiro atoms. The third-order valence-corrected chi connectivity index (χ3v) is 9.28. The van der Waals surface area contributed by atoms with Crippen molar-refractivity contribution in [1.29, 1.82) is 0 Å². The van der Waals surface area contributed by atoms with Gasteiger partial charge in [-0.3, -0.25) is 0 Å². The highest BCUT2D eigenvalue weighted by molar-refractivity contribution is 7.06. The molecule has 0 N–H and O–H groups in total. The molecule has 0 heterocycles. The molecule has 0 aromatic heterocycles. The van der Waals surface area contributed by atoms with Crippen molar-refractivity contribution in [1.82, 2.24) is 0 Å². The van der Waals surface area contributed by atoms with E-state index in [9.17, 15) is 0 Å². The molecule has 0 fully saturated rings. The van der Waals surface area contributed by atoms with Crippen molar-refractivity contribution in [2.45, 2.75) is 26.8 Å². The summed E-state index contributed by atoms with van der Waals surface area (Å²) in [5.74, 6) is 0. The van der Waals surface area contributed by atoms with Crippen molar-refractivity contribution in [3.63, 3.8) is 0 Å². The van der Waals surface area contributed by atoms with Crippen LogP contribution in [0.3, 0.4) is 0 Å². The van der Waals surface area contributed by atoms with Gasteiger partial charge < -0.3 is 0 Å². The Morgan fingerprint density at radius 1 is 0.810 bits per heavy atom. The monoisotopic (exact) mass is 290 g/mol. The van der Waals surface area contributed by atoms with E-state index in [1.165, 1.54) is 21.5 Å². The minimum atomic E-state index is -1.82. The van der Waals surface area contributed by atoms with Crippen molar-refractivity contribution in [3.05, 3.63) is 83.1 Å². The highest BCUT2D eigenvalue weighted by atomic mass is 28.3. The maximum absolute atomic E-state index is 2.49. The SMILES string of the molecule is CC1=CCC([Si](C)(c2ccccc2)c2ccc(C)cc2)=C1. The van der Waals surface area contributed by atoms with Crippen molar-refractivity contribution in [2.24, 2.45) is 0 Å². The first-order chi connectivity index (χ1) is 10.1. The molecule has 2 aromatic carbocycles. The van der Waals surface area contributed by atoms with E-state index in [-0.39, 0.29) is 0 Å². The Morgan fingerprint density at radius 3 is 2.00 bits per heavy atom. The number of allylic oxidation sites excluding steroid dienone is 4. The number of aryl methyl sites for hydroxylation is 1. The quantitative estimate of drug-likeness (QED) is 0.750. The number of hydrogen-bond acceptors (Lipinski definition) is 0. The van der Waals surface area contributed by atoms with Crippen LogP contribution in [0.1, 0.15) is 18.9 Å². The zero-order valence-corrected chi connectivity index (χ0v) is 14.1. The normalized spacial score (nSPS) is 17.1. The molecule has 21 heavy (non-hydrogen) atoms. The van der Waals surface area contributed by atoms with Crippen LogP contribution >= 0.6 is 0 Å². The third-order valence-electron chi connectivity index (χ3n) is 4.67. The van der Waals surface area contributed by atoms with E-state index in [0.717, 1.165) is 6.42 Å². The highest BCUT2D eigenvalue weighted by Gasteiger charge is 2.36. The largest absolute Gasteiger partial charge is 0.141 e. The maximum atomic E-state index is 2.49. The van der Waals surface area contributed by atoms with Crippen LogP contribution in [0.25, 0.3) is 0 Å². The summed E-state index contributed by atoms with van der Waals surface area (Å²) in [6, 6.07) is 20.2. The minimum Gasteiger partial charge on any atom is -0.0779 e. The van der Waals surface area contributed by atoms with Gasteiger partial charge in [-0.05, 0) is 30.6 Å². The van der Waals surface area contributed by atoms with Crippen LogP contribution in [0.5, 0.6) is 0 Å². The fourth-order valence-corrected chi connectivity index (χ4v) is 7.00. The first kappa shape index (κ1) is 14.1. The zero-order valence-electron chi connectivity index (χ0n) is 13.1. The number of rotatable bonds is 3. The minimum absolute atomic E-state index is 1.11. The predicted molar refractivity (Wildman–Crippen MR) is 95.0 cm³/mol. The van der Waals surface area contributed by atoms with E-state index in [1.807, 2.05) is 0 Å². The molecule has 0 radical (unpaired) electrons. The first-order valence-corrected chi connectivity index (χ1v) is 10.1. The molecule has 0 amide bonds. The van der Waals surface area contributed by atoms with Gasteiger partial charge in [0.05, 0.1) is 0 Å². The predicted octanol–water partition coefficient (Wildman–Crippen LogP) is 4.00. The summed E-state index contributed by atoms with van der Waals surface area (Å²) >= 11 is 0. The van der Waals surface area contributed by atoms with Gasteiger partial charge in [0.1, 0.15) is 8.07 Å². The van der Waals surface area contributed by atoms with E-state index < -0.39 is 8.07 Å².